The third-order valence-electron chi connectivity index (χ3n) is 7.25. The fraction of sp³-hybridized carbons (Fsp3) is 0.750. The minimum absolute atomic E-state index is 0.0462. The van der Waals surface area contributed by atoms with Gasteiger partial charge in [-0.1, -0.05) is 0 Å². The van der Waals surface area contributed by atoms with Crippen LogP contribution in [0.3, 0.4) is 0 Å². The van der Waals surface area contributed by atoms with Crippen molar-refractivity contribution in [2.75, 3.05) is 31.2 Å². The van der Waals surface area contributed by atoms with Crippen LogP contribution in [0, 0.1) is 17.8 Å². The number of aliphatic hydroxyl groups excluding tert-OH is 1. The fourth-order valence-electron chi connectivity index (χ4n) is 6.42. The number of carbonyl (C=O) groups excluding carboxylic acids is 1. The molecule has 3 atom stereocenters. The molecule has 5 aliphatic rings. The third-order valence-corrected chi connectivity index (χ3v) is 7.25. The number of rotatable bonds is 4. The van der Waals surface area contributed by atoms with E-state index < -0.39 is 11.5 Å². The summed E-state index contributed by atoms with van der Waals surface area (Å²) in [5, 5.41) is 20.3. The van der Waals surface area contributed by atoms with Crippen LogP contribution in [0.5, 0.6) is 0 Å². The fourth-order valence-corrected chi connectivity index (χ4v) is 6.42. The van der Waals surface area contributed by atoms with Crippen LogP contribution in [0.1, 0.15) is 54.1 Å². The summed E-state index contributed by atoms with van der Waals surface area (Å²) in [6.07, 6.45) is 5.96. The van der Waals surface area contributed by atoms with Crippen molar-refractivity contribution in [1.82, 2.24) is 9.97 Å². The zero-order valence-electron chi connectivity index (χ0n) is 16.0. The average molecular weight is 388 g/mol. The highest BCUT2D eigenvalue weighted by atomic mass is 16.5. The maximum absolute atomic E-state index is 12.1. The van der Waals surface area contributed by atoms with Gasteiger partial charge in [0.25, 0.3) is 5.91 Å². The Morgan fingerprint density at radius 2 is 2.07 bits per heavy atom. The van der Waals surface area contributed by atoms with E-state index in [1.807, 2.05) is 4.90 Å². The first-order valence-electron chi connectivity index (χ1n) is 10.3. The molecule has 0 aromatic carbocycles. The topological polar surface area (TPSA) is 122 Å². The first-order chi connectivity index (χ1) is 13.5. The predicted octanol–water partition coefficient (Wildman–Crippen LogP) is 0.428. The predicted molar refractivity (Wildman–Crippen MR) is 101 cm³/mol. The Bertz CT molecular complexity index is 771. The van der Waals surface area contributed by atoms with Gasteiger partial charge in [-0.05, 0) is 49.9 Å². The van der Waals surface area contributed by atoms with Crippen LogP contribution >= 0.6 is 0 Å². The van der Waals surface area contributed by atoms with E-state index in [4.69, 9.17) is 15.5 Å². The number of carbonyl (C=O) groups is 1. The molecular weight excluding hydrogens is 360 g/mol. The molecule has 2 heterocycles. The SMILES string of the molecule is NC(=O)c1cnc(N2CCOC(CO)C2)nc1C1C2CC3CC1CC(O)(C3)C2. The second-order valence-electron chi connectivity index (χ2n) is 9.17. The largest absolute Gasteiger partial charge is 0.394 e. The number of aromatic nitrogens is 2. The van der Waals surface area contributed by atoms with E-state index in [1.54, 1.807) is 6.20 Å². The van der Waals surface area contributed by atoms with E-state index >= 15 is 0 Å². The molecule has 3 unspecified atom stereocenters. The van der Waals surface area contributed by atoms with Crippen molar-refractivity contribution in [2.24, 2.45) is 23.5 Å². The van der Waals surface area contributed by atoms with Gasteiger partial charge in [0.05, 0.1) is 36.2 Å². The number of hydrogen-bond donors (Lipinski definition) is 3. The number of nitrogens with zero attached hydrogens (tertiary/aromatic N) is 3. The number of ether oxygens (including phenoxy) is 1. The first kappa shape index (κ1) is 18.3. The molecule has 5 fully saturated rings. The summed E-state index contributed by atoms with van der Waals surface area (Å²) in [4.78, 5) is 23.4. The standard InChI is InChI=1S/C20H28N4O4/c21-18(26)15-8-22-19(24-1-2-28-14(9-24)10-25)23-17(15)16-12-3-11-4-13(16)7-20(27,5-11)6-12/h8,11-14,16,25,27H,1-7,9-10H2,(H2,21,26). The lowest BCUT2D eigenvalue weighted by atomic mass is 9.49. The summed E-state index contributed by atoms with van der Waals surface area (Å²) < 4.78 is 5.53. The Labute approximate surface area is 164 Å². The van der Waals surface area contributed by atoms with Gasteiger partial charge >= 0.3 is 0 Å². The highest BCUT2D eigenvalue weighted by Crippen LogP contribution is 2.61. The average Bonchev–Trinajstić information content (AvgIpc) is 2.66. The third kappa shape index (κ3) is 2.98. The van der Waals surface area contributed by atoms with Crippen molar-refractivity contribution in [1.29, 1.82) is 0 Å². The highest BCUT2D eigenvalue weighted by molar-refractivity contribution is 5.94. The van der Waals surface area contributed by atoms with Crippen LogP contribution in [0.15, 0.2) is 6.20 Å². The maximum atomic E-state index is 12.1. The molecule has 4 N–H and O–H groups in total. The van der Waals surface area contributed by atoms with E-state index in [2.05, 4.69) is 4.98 Å². The molecule has 1 saturated heterocycles. The van der Waals surface area contributed by atoms with Crippen molar-refractivity contribution in [3.8, 4) is 0 Å². The van der Waals surface area contributed by atoms with Crippen LogP contribution in [0.2, 0.25) is 0 Å². The van der Waals surface area contributed by atoms with Crippen molar-refractivity contribution in [3.63, 3.8) is 0 Å². The van der Waals surface area contributed by atoms with Crippen LogP contribution in [0.4, 0.5) is 5.95 Å². The molecule has 4 saturated carbocycles. The number of aliphatic hydroxyl groups is 2. The summed E-state index contributed by atoms with van der Waals surface area (Å²) in [6, 6.07) is 0. The quantitative estimate of drug-likeness (QED) is 0.684. The summed E-state index contributed by atoms with van der Waals surface area (Å²) >= 11 is 0. The van der Waals surface area contributed by atoms with E-state index in [1.165, 1.54) is 0 Å². The van der Waals surface area contributed by atoms with Gasteiger partial charge in [0.1, 0.15) is 0 Å². The van der Waals surface area contributed by atoms with Gasteiger partial charge in [0.15, 0.2) is 0 Å². The second kappa shape index (κ2) is 6.64. The van der Waals surface area contributed by atoms with Crippen LogP contribution < -0.4 is 10.6 Å². The molecule has 1 aliphatic heterocycles. The molecule has 1 amide bonds. The molecule has 6 rings (SSSR count). The summed E-state index contributed by atoms with van der Waals surface area (Å²) in [5.41, 5.74) is 6.29. The van der Waals surface area contributed by atoms with Gasteiger partial charge in [-0.3, -0.25) is 4.79 Å². The van der Waals surface area contributed by atoms with E-state index in [0.717, 1.165) is 37.8 Å². The van der Waals surface area contributed by atoms with Gasteiger partial charge in [-0.2, -0.15) is 0 Å². The van der Waals surface area contributed by atoms with Gasteiger partial charge in [-0.25, -0.2) is 9.97 Å². The minimum Gasteiger partial charge on any atom is -0.394 e. The van der Waals surface area contributed by atoms with Crippen molar-refractivity contribution >= 4 is 11.9 Å². The molecule has 0 spiro atoms. The maximum Gasteiger partial charge on any atom is 0.252 e. The number of amides is 1. The van der Waals surface area contributed by atoms with Crippen molar-refractivity contribution in [2.45, 2.75) is 49.7 Å². The van der Waals surface area contributed by atoms with E-state index in [0.29, 0.717) is 49.0 Å². The summed E-state index contributed by atoms with van der Waals surface area (Å²) in [5.74, 6) is 1.48. The van der Waals surface area contributed by atoms with Gasteiger partial charge in [0, 0.05) is 25.2 Å². The number of primary amides is 1. The smallest absolute Gasteiger partial charge is 0.252 e. The lowest BCUT2D eigenvalue weighted by Crippen LogP contribution is -2.54. The zero-order valence-corrected chi connectivity index (χ0v) is 16.0. The highest BCUT2D eigenvalue weighted by Gasteiger charge is 2.56. The number of nitrogens with two attached hydrogens (primary N) is 1. The zero-order chi connectivity index (χ0) is 19.5. The van der Waals surface area contributed by atoms with Gasteiger partial charge in [-0.15, -0.1) is 0 Å². The Hall–Kier alpha value is -1.77. The molecule has 152 valence electrons. The molecule has 0 radical (unpaired) electrons. The summed E-state index contributed by atoms with van der Waals surface area (Å²) in [7, 11) is 0. The minimum atomic E-state index is -0.533. The monoisotopic (exact) mass is 388 g/mol. The molecule has 4 aliphatic carbocycles. The Kier molecular flexibility index (Phi) is 4.33. The lowest BCUT2D eigenvalue weighted by Gasteiger charge is -2.58. The molecule has 8 nitrogen and oxygen atoms in total. The van der Waals surface area contributed by atoms with Gasteiger partial charge < -0.3 is 25.6 Å². The number of anilines is 1. The van der Waals surface area contributed by atoms with Crippen LogP contribution in [-0.4, -0.2) is 64.1 Å². The van der Waals surface area contributed by atoms with Crippen molar-refractivity contribution in [3.05, 3.63) is 17.5 Å². The van der Waals surface area contributed by atoms with E-state index in [-0.39, 0.29) is 18.6 Å². The molecule has 1 aromatic rings. The molecule has 8 heteroatoms. The molecular formula is C20H28N4O4. The van der Waals surface area contributed by atoms with Crippen LogP contribution in [0.25, 0.3) is 0 Å². The van der Waals surface area contributed by atoms with Gasteiger partial charge in [0.2, 0.25) is 5.95 Å². The summed E-state index contributed by atoms with van der Waals surface area (Å²) in [6.45, 7) is 1.62. The molecule has 1 aromatic heterocycles. The Morgan fingerprint density at radius 1 is 1.32 bits per heavy atom. The molecule has 4 bridgehead atoms. The second-order valence-corrected chi connectivity index (χ2v) is 9.17. The lowest BCUT2D eigenvalue weighted by molar-refractivity contribution is -0.135. The number of morpholine rings is 1. The van der Waals surface area contributed by atoms with Crippen LogP contribution in [-0.2, 0) is 4.74 Å². The Balaban J connectivity index is 1.50. The van der Waals surface area contributed by atoms with Crippen molar-refractivity contribution < 1.29 is 19.7 Å². The Morgan fingerprint density at radius 3 is 2.71 bits per heavy atom. The first-order valence-corrected chi connectivity index (χ1v) is 10.3. The van der Waals surface area contributed by atoms with E-state index in [9.17, 15) is 15.0 Å². The molecule has 28 heavy (non-hydrogen) atoms. The number of hydrogen-bond acceptors (Lipinski definition) is 7. The normalized spacial score (nSPS) is 39.4.